The number of benzene rings is 7. The summed E-state index contributed by atoms with van der Waals surface area (Å²) in [5.41, 5.74) is 13.6. The van der Waals surface area contributed by atoms with Crippen molar-refractivity contribution >= 4 is 33.5 Å². The van der Waals surface area contributed by atoms with E-state index >= 15 is 0 Å². The van der Waals surface area contributed by atoms with Gasteiger partial charge in [0.2, 0.25) is 0 Å². The van der Waals surface area contributed by atoms with Crippen molar-refractivity contribution in [3.05, 3.63) is 211 Å². The maximum absolute atomic E-state index is 6.72. The fourth-order valence-electron chi connectivity index (χ4n) is 7.22. The molecule has 0 spiro atoms. The molecule has 242 valence electrons. The van der Waals surface area contributed by atoms with Crippen molar-refractivity contribution in [3.8, 4) is 33.4 Å². The molecule has 0 amide bonds. The predicted octanol–water partition coefficient (Wildman–Crippen LogP) is 12.3. The van der Waals surface area contributed by atoms with E-state index in [1.165, 1.54) is 22.3 Å². The number of rotatable bonds is 7. The van der Waals surface area contributed by atoms with Gasteiger partial charge in [-0.3, -0.25) is 0 Å². The fourth-order valence-corrected chi connectivity index (χ4v) is 7.22. The Bertz CT molecular complexity index is 2580. The number of amidine groups is 1. The van der Waals surface area contributed by atoms with Crippen molar-refractivity contribution in [1.29, 1.82) is 0 Å². The highest BCUT2D eigenvalue weighted by Crippen LogP contribution is 2.44. The lowest BCUT2D eigenvalue weighted by atomic mass is 9.89. The summed E-state index contributed by atoms with van der Waals surface area (Å²) in [5, 5.41) is 5.88. The molecule has 9 rings (SSSR count). The first-order valence-corrected chi connectivity index (χ1v) is 17.3. The lowest BCUT2D eigenvalue weighted by molar-refractivity contribution is 0.670. The van der Waals surface area contributed by atoms with Crippen LogP contribution in [0.1, 0.15) is 22.7 Å². The molecule has 0 saturated heterocycles. The second kappa shape index (κ2) is 13.0. The Hall–Kier alpha value is -6.71. The second-order valence-electron chi connectivity index (χ2n) is 12.8. The van der Waals surface area contributed by atoms with E-state index in [0.29, 0.717) is 0 Å². The lowest BCUT2D eigenvalue weighted by Crippen LogP contribution is -2.33. The summed E-state index contributed by atoms with van der Waals surface area (Å²) >= 11 is 0. The summed E-state index contributed by atoms with van der Waals surface area (Å²) in [6.07, 6.45) is 1.95. The topological polar surface area (TPSA) is 37.5 Å². The van der Waals surface area contributed by atoms with Gasteiger partial charge in [0, 0.05) is 33.0 Å². The van der Waals surface area contributed by atoms with Crippen LogP contribution in [0.2, 0.25) is 0 Å². The molecule has 0 bridgehead atoms. The number of nitrogens with one attached hydrogen (secondary N) is 1. The van der Waals surface area contributed by atoms with Gasteiger partial charge in [-0.2, -0.15) is 0 Å². The molecule has 3 nitrogen and oxygen atoms in total. The summed E-state index contributed by atoms with van der Waals surface area (Å²) in [4.78, 5) is 5.37. The van der Waals surface area contributed by atoms with Crippen LogP contribution < -0.4 is 5.32 Å². The van der Waals surface area contributed by atoms with E-state index < -0.39 is 0 Å². The number of furan rings is 1. The third kappa shape index (κ3) is 5.55. The highest BCUT2D eigenvalue weighted by molar-refractivity contribution is 6.16. The van der Waals surface area contributed by atoms with Crippen LogP contribution in [-0.2, 0) is 0 Å². The van der Waals surface area contributed by atoms with E-state index in [-0.39, 0.29) is 6.04 Å². The van der Waals surface area contributed by atoms with Crippen LogP contribution >= 0.6 is 0 Å². The van der Waals surface area contributed by atoms with Gasteiger partial charge < -0.3 is 9.73 Å². The fraction of sp³-hybridized carbons (Fsp3) is 0.0208. The number of fused-ring (bicyclic) bond motifs is 3. The molecule has 1 unspecified atom stereocenters. The van der Waals surface area contributed by atoms with Crippen LogP contribution in [0.5, 0.6) is 0 Å². The summed E-state index contributed by atoms with van der Waals surface area (Å²) in [6, 6.07) is 61.3. The first-order valence-electron chi connectivity index (χ1n) is 17.3. The molecule has 8 aromatic rings. The van der Waals surface area contributed by atoms with Gasteiger partial charge in [0.1, 0.15) is 17.0 Å². The first-order chi connectivity index (χ1) is 25.2. The normalized spacial score (nSPS) is 14.4. The Balaban J connectivity index is 1.23. The number of aliphatic imine (C=N–C) groups is 1. The third-order valence-electron chi connectivity index (χ3n) is 9.79. The average molecular weight is 655 g/mol. The zero-order valence-corrected chi connectivity index (χ0v) is 28.0. The molecule has 1 aliphatic heterocycles. The summed E-state index contributed by atoms with van der Waals surface area (Å²) < 4.78 is 6.72. The molecule has 7 aromatic carbocycles. The van der Waals surface area contributed by atoms with Crippen molar-refractivity contribution in [2.45, 2.75) is 6.04 Å². The minimum atomic E-state index is -0.173. The van der Waals surface area contributed by atoms with Gasteiger partial charge in [0.25, 0.3) is 0 Å². The number of para-hydroxylation sites is 1. The van der Waals surface area contributed by atoms with Gasteiger partial charge >= 0.3 is 0 Å². The molecule has 1 N–H and O–H groups in total. The molecule has 0 radical (unpaired) electrons. The molecule has 2 heterocycles. The highest BCUT2D eigenvalue weighted by atomic mass is 16.3. The predicted molar refractivity (Wildman–Crippen MR) is 212 cm³/mol. The zero-order valence-electron chi connectivity index (χ0n) is 28.0. The zero-order chi connectivity index (χ0) is 34.1. The molecular formula is C48H34N2O. The van der Waals surface area contributed by atoms with E-state index in [1.54, 1.807) is 0 Å². The molecule has 0 fully saturated rings. The van der Waals surface area contributed by atoms with Crippen LogP contribution in [0, 0.1) is 0 Å². The van der Waals surface area contributed by atoms with Crippen LogP contribution in [-0.4, -0.2) is 5.84 Å². The molecular weight excluding hydrogens is 621 g/mol. The van der Waals surface area contributed by atoms with Gasteiger partial charge in [0.05, 0.1) is 11.7 Å². The Morgan fingerprint density at radius 2 is 1.02 bits per heavy atom. The van der Waals surface area contributed by atoms with Gasteiger partial charge in [-0.05, 0) is 45.5 Å². The van der Waals surface area contributed by atoms with E-state index in [0.717, 1.165) is 66.9 Å². The maximum atomic E-state index is 6.72. The van der Waals surface area contributed by atoms with Crippen molar-refractivity contribution in [3.63, 3.8) is 0 Å². The summed E-state index contributed by atoms with van der Waals surface area (Å²) in [6.45, 7) is 4.34. The third-order valence-corrected chi connectivity index (χ3v) is 9.79. The number of nitrogens with zero attached hydrogens (tertiary/aromatic N) is 1. The largest absolute Gasteiger partial charge is 0.455 e. The Morgan fingerprint density at radius 1 is 0.510 bits per heavy atom. The molecule has 1 aromatic heterocycles. The Labute approximate surface area is 297 Å². The van der Waals surface area contributed by atoms with E-state index in [4.69, 9.17) is 9.41 Å². The highest BCUT2D eigenvalue weighted by Gasteiger charge is 2.28. The summed E-state index contributed by atoms with van der Waals surface area (Å²) in [5.74, 6) is 0.815. The molecule has 1 aliphatic rings. The smallest absolute Gasteiger partial charge is 0.143 e. The minimum Gasteiger partial charge on any atom is -0.455 e. The van der Waals surface area contributed by atoms with Crippen molar-refractivity contribution in [2.24, 2.45) is 4.99 Å². The van der Waals surface area contributed by atoms with Crippen LogP contribution in [0.25, 0.3) is 61.0 Å². The number of hydrogen-bond acceptors (Lipinski definition) is 3. The maximum Gasteiger partial charge on any atom is 0.143 e. The van der Waals surface area contributed by atoms with Gasteiger partial charge in [-0.1, -0.05) is 176 Å². The van der Waals surface area contributed by atoms with Crippen molar-refractivity contribution < 1.29 is 4.42 Å². The molecule has 3 heteroatoms. The van der Waals surface area contributed by atoms with E-state index in [2.05, 4.69) is 157 Å². The minimum absolute atomic E-state index is 0.173. The number of hydrogen-bond donors (Lipinski definition) is 1. The van der Waals surface area contributed by atoms with Crippen molar-refractivity contribution in [2.75, 3.05) is 0 Å². The van der Waals surface area contributed by atoms with Gasteiger partial charge in [-0.25, -0.2) is 4.99 Å². The standard InChI is InChI=1S/C48H34N2O/c1-2-39-45(37-28-24-35(25-29-37)33-16-8-4-9-17-33)49-48(38-18-10-5-11-19-38)50-46(39)42-31-30-40(47-44(42)41-20-12-13-21-43(41)51-47)36-26-22-34(23-27-36)32-14-6-3-7-15-32/h2-31,45H,1H2,(H,49,50). The summed E-state index contributed by atoms with van der Waals surface area (Å²) in [7, 11) is 0. The first kappa shape index (κ1) is 30.4. The van der Waals surface area contributed by atoms with Crippen LogP contribution in [0.4, 0.5) is 0 Å². The van der Waals surface area contributed by atoms with E-state index in [9.17, 15) is 0 Å². The van der Waals surface area contributed by atoms with Crippen molar-refractivity contribution in [1.82, 2.24) is 5.32 Å². The lowest BCUT2D eigenvalue weighted by Gasteiger charge is -2.29. The molecule has 0 aliphatic carbocycles. The quantitative estimate of drug-likeness (QED) is 0.186. The monoisotopic (exact) mass is 654 g/mol. The average Bonchev–Trinajstić information content (AvgIpc) is 3.61. The molecule has 1 atom stereocenters. The van der Waals surface area contributed by atoms with E-state index in [1.807, 2.05) is 36.4 Å². The second-order valence-corrected chi connectivity index (χ2v) is 12.8. The van der Waals surface area contributed by atoms with Gasteiger partial charge in [-0.15, -0.1) is 0 Å². The van der Waals surface area contributed by atoms with Crippen LogP contribution in [0.15, 0.2) is 204 Å². The Kier molecular flexibility index (Phi) is 7.71. The van der Waals surface area contributed by atoms with Gasteiger partial charge in [0.15, 0.2) is 0 Å². The SMILES string of the molecule is C=CC1=C(c2ccc(-c3ccc(-c4ccccc4)cc3)c3oc4ccccc4c23)N=C(c2ccccc2)NC1c1ccc(-c2ccccc2)cc1. The molecule has 51 heavy (non-hydrogen) atoms. The molecule has 0 saturated carbocycles. The van der Waals surface area contributed by atoms with Crippen LogP contribution in [0.3, 0.4) is 0 Å². The Morgan fingerprint density at radius 3 is 1.65 bits per heavy atom.